The molecule has 28 heavy (non-hydrogen) atoms. The Morgan fingerprint density at radius 1 is 0.857 bits per heavy atom. The Bertz CT molecular complexity index is 868. The second-order valence-corrected chi connectivity index (χ2v) is 6.67. The minimum Gasteiger partial charge on any atom is -0.458 e. The average Bonchev–Trinajstić information content (AvgIpc) is 2.89. The van der Waals surface area contributed by atoms with Crippen molar-refractivity contribution in [1.29, 1.82) is 0 Å². The smallest absolute Gasteiger partial charge is 0.248 e. The van der Waals surface area contributed by atoms with Gasteiger partial charge in [0.1, 0.15) is 11.5 Å². The van der Waals surface area contributed by atoms with E-state index in [4.69, 9.17) is 10.5 Å². The van der Waals surface area contributed by atoms with E-state index in [0.29, 0.717) is 11.3 Å². The number of nitrogens with one attached hydrogen (secondary N) is 1. The van der Waals surface area contributed by atoms with Crippen LogP contribution in [0.2, 0.25) is 0 Å². The maximum Gasteiger partial charge on any atom is 0.248 e. The number of rotatable bonds is 7. The molecule has 4 nitrogen and oxygen atoms in total. The van der Waals surface area contributed by atoms with Gasteiger partial charge in [-0.25, -0.2) is 0 Å². The first-order valence-corrected chi connectivity index (χ1v) is 9.57. The van der Waals surface area contributed by atoms with Crippen molar-refractivity contribution in [3.63, 3.8) is 0 Å². The molecule has 0 heterocycles. The molecule has 0 spiro atoms. The van der Waals surface area contributed by atoms with Crippen LogP contribution in [0.15, 0.2) is 95.9 Å². The van der Waals surface area contributed by atoms with Gasteiger partial charge in [-0.15, -0.1) is 0 Å². The fourth-order valence-electron chi connectivity index (χ4n) is 2.94. The van der Waals surface area contributed by atoms with Gasteiger partial charge in [-0.1, -0.05) is 42.5 Å². The van der Waals surface area contributed by atoms with Gasteiger partial charge in [0.25, 0.3) is 0 Å². The molecule has 3 N–H and O–H groups in total. The number of carbonyl (C=O) groups is 1. The third kappa shape index (κ3) is 6.25. The molecule has 0 aromatic heterocycles. The average molecular weight is 374 g/mol. The first-order valence-electron chi connectivity index (χ1n) is 9.57. The van der Waals surface area contributed by atoms with Gasteiger partial charge in [0.15, 0.2) is 0 Å². The zero-order valence-corrected chi connectivity index (χ0v) is 15.9. The van der Waals surface area contributed by atoms with Gasteiger partial charge >= 0.3 is 0 Å². The van der Waals surface area contributed by atoms with Crippen LogP contribution in [0.1, 0.15) is 29.6 Å². The Kier molecular flexibility index (Phi) is 7.21. The standard InChI is InChI=1S/C24H26N2O2/c25-24(27)21-12-15-23(16-13-21)28-22-10-6-9-20(11-14-22)18-26-17-19-7-4-2-1-3-5-8-19/h1-2,5,7-16,26H,3-4,6,17-18H2,(H2,25,27)/b2-1?,8-5-,19-7+. The summed E-state index contributed by atoms with van der Waals surface area (Å²) >= 11 is 0. The van der Waals surface area contributed by atoms with Crippen molar-refractivity contribution in [3.05, 3.63) is 101 Å². The highest BCUT2D eigenvalue weighted by atomic mass is 16.5. The van der Waals surface area contributed by atoms with E-state index in [0.717, 1.165) is 38.1 Å². The number of nitrogens with two attached hydrogens (primary N) is 1. The van der Waals surface area contributed by atoms with Crippen LogP contribution in [0, 0.1) is 0 Å². The number of allylic oxidation sites excluding steroid dienone is 7. The van der Waals surface area contributed by atoms with E-state index < -0.39 is 5.91 Å². The number of benzene rings is 1. The molecule has 0 atom stereocenters. The predicted molar refractivity (Wildman–Crippen MR) is 114 cm³/mol. The maximum atomic E-state index is 11.1. The topological polar surface area (TPSA) is 64.4 Å². The number of carbonyl (C=O) groups excluding carboxylic acids is 1. The first kappa shape index (κ1) is 19.6. The van der Waals surface area contributed by atoms with Gasteiger partial charge in [0, 0.05) is 18.7 Å². The van der Waals surface area contributed by atoms with Crippen LogP contribution >= 0.6 is 0 Å². The lowest BCUT2D eigenvalue weighted by Gasteiger charge is -2.08. The van der Waals surface area contributed by atoms with Crippen LogP contribution in [-0.4, -0.2) is 19.0 Å². The number of hydrogen-bond donors (Lipinski definition) is 2. The minimum atomic E-state index is -0.441. The summed E-state index contributed by atoms with van der Waals surface area (Å²) in [6, 6.07) is 6.84. The van der Waals surface area contributed by atoms with Gasteiger partial charge in [-0.3, -0.25) is 4.79 Å². The van der Waals surface area contributed by atoms with Crippen LogP contribution in [0.25, 0.3) is 0 Å². The van der Waals surface area contributed by atoms with E-state index in [-0.39, 0.29) is 0 Å². The zero-order chi connectivity index (χ0) is 19.6. The zero-order valence-electron chi connectivity index (χ0n) is 15.9. The Labute approximate surface area is 166 Å². The number of hydrogen-bond acceptors (Lipinski definition) is 3. The molecule has 2 aliphatic rings. The fraction of sp³-hybridized carbons (Fsp3) is 0.208. The van der Waals surface area contributed by atoms with E-state index in [2.05, 4.69) is 47.8 Å². The fourth-order valence-corrected chi connectivity index (χ4v) is 2.94. The van der Waals surface area contributed by atoms with Crippen LogP contribution < -0.4 is 15.8 Å². The van der Waals surface area contributed by atoms with Gasteiger partial charge in [0.05, 0.1) is 0 Å². The highest BCUT2D eigenvalue weighted by molar-refractivity contribution is 5.92. The number of amides is 1. The van der Waals surface area contributed by atoms with E-state index in [1.54, 1.807) is 24.3 Å². The summed E-state index contributed by atoms with van der Waals surface area (Å²) in [6.07, 6.45) is 22.1. The quantitative estimate of drug-likeness (QED) is 0.697. The predicted octanol–water partition coefficient (Wildman–Crippen LogP) is 4.36. The molecule has 1 aromatic carbocycles. The van der Waals surface area contributed by atoms with Crippen LogP contribution in [0.4, 0.5) is 0 Å². The second-order valence-electron chi connectivity index (χ2n) is 6.67. The molecule has 4 heteroatoms. The summed E-state index contributed by atoms with van der Waals surface area (Å²) < 4.78 is 5.89. The number of primary amides is 1. The van der Waals surface area contributed by atoms with Crippen LogP contribution in [-0.2, 0) is 0 Å². The summed E-state index contributed by atoms with van der Waals surface area (Å²) in [6.45, 7) is 1.67. The first-order chi connectivity index (χ1) is 13.7. The molecule has 144 valence electrons. The monoisotopic (exact) mass is 374 g/mol. The van der Waals surface area contributed by atoms with Crippen LogP contribution in [0.3, 0.4) is 0 Å². The molecule has 1 aromatic rings. The maximum absolute atomic E-state index is 11.1. The lowest BCUT2D eigenvalue weighted by atomic mass is 10.1. The molecule has 0 aliphatic heterocycles. The Hall–Kier alpha value is -3.11. The SMILES string of the molecule is NC(=O)c1ccc(OC2=CCC=C(CNCC3=C/CC=CC/C=C\3)C=C2)cc1. The molecule has 0 fully saturated rings. The third-order valence-corrected chi connectivity index (χ3v) is 4.48. The second kappa shape index (κ2) is 10.3. The molecule has 3 rings (SSSR count). The van der Waals surface area contributed by atoms with Gasteiger partial charge in [-0.2, -0.15) is 0 Å². The van der Waals surface area contributed by atoms with Gasteiger partial charge < -0.3 is 15.8 Å². The van der Waals surface area contributed by atoms with Gasteiger partial charge in [0.2, 0.25) is 5.91 Å². The van der Waals surface area contributed by atoms with Crippen molar-refractivity contribution in [2.45, 2.75) is 19.3 Å². The van der Waals surface area contributed by atoms with Gasteiger partial charge in [-0.05, 0) is 66.8 Å². The summed E-state index contributed by atoms with van der Waals surface area (Å²) in [5.41, 5.74) is 8.29. The van der Waals surface area contributed by atoms with Crippen molar-refractivity contribution in [3.8, 4) is 5.75 Å². The van der Waals surface area contributed by atoms with Crippen molar-refractivity contribution in [2.24, 2.45) is 5.73 Å². The molecule has 2 aliphatic carbocycles. The van der Waals surface area contributed by atoms with Crippen molar-refractivity contribution in [2.75, 3.05) is 13.1 Å². The summed E-state index contributed by atoms with van der Waals surface area (Å²) in [4.78, 5) is 11.1. The van der Waals surface area contributed by atoms with Crippen LogP contribution in [0.5, 0.6) is 5.75 Å². The van der Waals surface area contributed by atoms with E-state index in [1.807, 2.05) is 12.2 Å². The minimum absolute atomic E-state index is 0.441. The van der Waals surface area contributed by atoms with E-state index >= 15 is 0 Å². The number of ether oxygens (including phenoxy) is 1. The van der Waals surface area contributed by atoms with E-state index in [1.165, 1.54) is 11.1 Å². The summed E-state index contributed by atoms with van der Waals surface area (Å²) in [5, 5.41) is 3.51. The third-order valence-electron chi connectivity index (χ3n) is 4.48. The Balaban J connectivity index is 1.48. The highest BCUT2D eigenvalue weighted by Gasteiger charge is 2.04. The molecule has 0 bridgehead atoms. The molecule has 0 saturated carbocycles. The Morgan fingerprint density at radius 3 is 2.36 bits per heavy atom. The van der Waals surface area contributed by atoms with Crippen molar-refractivity contribution < 1.29 is 9.53 Å². The lowest BCUT2D eigenvalue weighted by Crippen LogP contribution is -2.19. The molecule has 1 amide bonds. The largest absolute Gasteiger partial charge is 0.458 e. The normalized spacial score (nSPS) is 19.4. The molecular formula is C24H26N2O2. The lowest BCUT2D eigenvalue weighted by molar-refractivity contribution is 0.100. The Morgan fingerprint density at radius 2 is 1.57 bits per heavy atom. The summed E-state index contributed by atoms with van der Waals surface area (Å²) in [5.74, 6) is 1.03. The molecule has 0 saturated heterocycles. The van der Waals surface area contributed by atoms with Crippen molar-refractivity contribution in [1.82, 2.24) is 5.32 Å². The summed E-state index contributed by atoms with van der Waals surface area (Å²) in [7, 11) is 0. The molecule has 0 radical (unpaired) electrons. The highest BCUT2D eigenvalue weighted by Crippen LogP contribution is 2.18. The van der Waals surface area contributed by atoms with Crippen molar-refractivity contribution >= 4 is 5.91 Å². The van der Waals surface area contributed by atoms with E-state index in [9.17, 15) is 4.79 Å². The molecule has 0 unspecified atom stereocenters. The molecular weight excluding hydrogens is 348 g/mol.